The zero-order valence-corrected chi connectivity index (χ0v) is 15.1. The Morgan fingerprint density at radius 3 is 2.82 bits per heavy atom. The average molecular weight is 414 g/mol. The van der Waals surface area contributed by atoms with Crippen molar-refractivity contribution < 1.29 is 4.79 Å². The van der Waals surface area contributed by atoms with E-state index in [9.17, 15) is 4.79 Å². The van der Waals surface area contributed by atoms with Gasteiger partial charge in [-0.25, -0.2) is 4.99 Å². The highest BCUT2D eigenvalue weighted by Gasteiger charge is 2.30. The van der Waals surface area contributed by atoms with Gasteiger partial charge < -0.3 is 15.5 Å². The SMILES string of the molecule is C=CCN=C(NCC)NC1CC(=O)N(c2ccccc2)C1.I. The van der Waals surface area contributed by atoms with Crippen molar-refractivity contribution >= 4 is 41.5 Å². The van der Waals surface area contributed by atoms with Gasteiger partial charge in [-0.1, -0.05) is 24.3 Å². The van der Waals surface area contributed by atoms with E-state index in [1.54, 1.807) is 6.08 Å². The molecule has 1 aromatic carbocycles. The highest BCUT2D eigenvalue weighted by Crippen LogP contribution is 2.20. The molecule has 22 heavy (non-hydrogen) atoms. The lowest BCUT2D eigenvalue weighted by molar-refractivity contribution is -0.117. The van der Waals surface area contributed by atoms with Crippen LogP contribution in [0.3, 0.4) is 0 Å². The van der Waals surface area contributed by atoms with Crippen LogP contribution in [-0.4, -0.2) is 37.5 Å². The molecule has 5 nitrogen and oxygen atoms in total. The molecule has 1 unspecified atom stereocenters. The predicted molar refractivity (Wildman–Crippen MR) is 102 cm³/mol. The third kappa shape index (κ3) is 5.01. The van der Waals surface area contributed by atoms with E-state index in [2.05, 4.69) is 22.2 Å². The molecule has 0 aromatic heterocycles. The van der Waals surface area contributed by atoms with Crippen LogP contribution in [0.15, 0.2) is 48.0 Å². The van der Waals surface area contributed by atoms with Crippen LogP contribution in [0.4, 0.5) is 5.69 Å². The lowest BCUT2D eigenvalue weighted by Gasteiger charge is -2.18. The van der Waals surface area contributed by atoms with E-state index in [1.165, 1.54) is 0 Å². The lowest BCUT2D eigenvalue weighted by Crippen LogP contribution is -2.44. The molecule has 1 aliphatic heterocycles. The van der Waals surface area contributed by atoms with Crippen LogP contribution in [-0.2, 0) is 4.79 Å². The lowest BCUT2D eigenvalue weighted by atomic mass is 10.2. The van der Waals surface area contributed by atoms with Crippen molar-refractivity contribution in [3.05, 3.63) is 43.0 Å². The first-order chi connectivity index (χ1) is 10.2. The summed E-state index contributed by atoms with van der Waals surface area (Å²) in [5.74, 6) is 0.864. The number of guanidine groups is 1. The minimum atomic E-state index is 0. The van der Waals surface area contributed by atoms with Crippen LogP contribution < -0.4 is 15.5 Å². The Kier molecular flexibility index (Phi) is 7.94. The van der Waals surface area contributed by atoms with Gasteiger partial charge in [-0.3, -0.25) is 4.79 Å². The number of nitrogens with one attached hydrogen (secondary N) is 2. The Bertz CT molecular complexity index is 518. The normalized spacial score (nSPS) is 17.9. The number of amides is 1. The number of aliphatic imine (C=N–C) groups is 1. The fourth-order valence-corrected chi connectivity index (χ4v) is 2.33. The van der Waals surface area contributed by atoms with Crippen molar-refractivity contribution in [1.29, 1.82) is 0 Å². The first kappa shape index (κ1) is 18.5. The standard InChI is InChI=1S/C16H22N4O.HI/c1-3-10-18-16(17-4-2)19-13-11-15(21)20(12-13)14-8-6-5-7-9-14;/h3,5-9,13H,1,4,10-12H2,2H3,(H2,17,18,19);1H. The molecule has 2 N–H and O–H groups in total. The molecule has 0 saturated carbocycles. The Morgan fingerprint density at radius 1 is 1.45 bits per heavy atom. The largest absolute Gasteiger partial charge is 0.357 e. The summed E-state index contributed by atoms with van der Waals surface area (Å²) in [5.41, 5.74) is 0.944. The van der Waals surface area contributed by atoms with E-state index in [0.717, 1.165) is 18.2 Å². The Hall–Kier alpha value is -1.57. The Labute approximate surface area is 148 Å². The van der Waals surface area contributed by atoms with Crippen LogP contribution in [0.2, 0.25) is 0 Å². The molecule has 120 valence electrons. The molecule has 0 bridgehead atoms. The van der Waals surface area contributed by atoms with Crippen LogP contribution in [0.1, 0.15) is 13.3 Å². The minimum Gasteiger partial charge on any atom is -0.357 e. The molecule has 0 spiro atoms. The van der Waals surface area contributed by atoms with Gasteiger partial charge in [0.1, 0.15) is 0 Å². The monoisotopic (exact) mass is 414 g/mol. The molecule has 0 aliphatic carbocycles. The number of hydrogen-bond acceptors (Lipinski definition) is 2. The van der Waals surface area contributed by atoms with Crippen LogP contribution in [0.25, 0.3) is 0 Å². The molecular formula is C16H23IN4O. The van der Waals surface area contributed by atoms with Gasteiger partial charge in [0.25, 0.3) is 0 Å². The van der Waals surface area contributed by atoms with Crippen molar-refractivity contribution in [2.75, 3.05) is 24.5 Å². The fraction of sp³-hybridized carbons (Fsp3) is 0.375. The topological polar surface area (TPSA) is 56.7 Å². The van der Waals surface area contributed by atoms with E-state index in [4.69, 9.17) is 0 Å². The second-order valence-electron chi connectivity index (χ2n) is 4.89. The van der Waals surface area contributed by atoms with E-state index in [1.807, 2.05) is 42.2 Å². The van der Waals surface area contributed by atoms with Gasteiger partial charge in [-0.2, -0.15) is 0 Å². The first-order valence-electron chi connectivity index (χ1n) is 7.25. The molecule has 1 fully saturated rings. The van der Waals surface area contributed by atoms with Gasteiger partial charge >= 0.3 is 0 Å². The number of carbonyl (C=O) groups is 1. The second kappa shape index (κ2) is 9.45. The van der Waals surface area contributed by atoms with Crippen LogP contribution in [0, 0.1) is 0 Å². The maximum atomic E-state index is 12.1. The van der Waals surface area contributed by atoms with Gasteiger partial charge in [0.2, 0.25) is 5.91 Å². The number of rotatable bonds is 5. The quantitative estimate of drug-likeness (QED) is 0.336. The number of nitrogens with zero attached hydrogens (tertiary/aromatic N) is 2. The van der Waals surface area contributed by atoms with E-state index in [0.29, 0.717) is 19.5 Å². The average Bonchev–Trinajstić information content (AvgIpc) is 2.86. The number of halogens is 1. The molecule has 1 saturated heterocycles. The first-order valence-corrected chi connectivity index (χ1v) is 7.25. The fourth-order valence-electron chi connectivity index (χ4n) is 2.33. The molecule has 1 aromatic rings. The van der Waals surface area contributed by atoms with Crippen molar-refractivity contribution in [1.82, 2.24) is 10.6 Å². The van der Waals surface area contributed by atoms with Crippen LogP contribution in [0.5, 0.6) is 0 Å². The maximum Gasteiger partial charge on any atom is 0.229 e. The number of carbonyl (C=O) groups excluding carboxylic acids is 1. The molecular weight excluding hydrogens is 391 g/mol. The Morgan fingerprint density at radius 2 is 2.18 bits per heavy atom. The highest BCUT2D eigenvalue weighted by atomic mass is 127. The molecule has 1 amide bonds. The molecule has 1 atom stereocenters. The third-order valence-electron chi connectivity index (χ3n) is 3.26. The minimum absolute atomic E-state index is 0. The van der Waals surface area contributed by atoms with Crippen molar-refractivity contribution in [2.24, 2.45) is 4.99 Å². The maximum absolute atomic E-state index is 12.1. The van der Waals surface area contributed by atoms with Gasteiger partial charge in [0, 0.05) is 25.2 Å². The molecule has 0 radical (unpaired) electrons. The summed E-state index contributed by atoms with van der Waals surface area (Å²) >= 11 is 0. The van der Waals surface area contributed by atoms with E-state index < -0.39 is 0 Å². The zero-order valence-electron chi connectivity index (χ0n) is 12.8. The predicted octanol–water partition coefficient (Wildman–Crippen LogP) is 2.15. The van der Waals surface area contributed by atoms with Gasteiger partial charge in [0.05, 0.1) is 12.6 Å². The van der Waals surface area contributed by atoms with Gasteiger partial charge in [-0.05, 0) is 19.1 Å². The summed E-state index contributed by atoms with van der Waals surface area (Å²) < 4.78 is 0. The van der Waals surface area contributed by atoms with Gasteiger partial charge in [-0.15, -0.1) is 30.6 Å². The summed E-state index contributed by atoms with van der Waals surface area (Å²) in [7, 11) is 0. The van der Waals surface area contributed by atoms with Crippen molar-refractivity contribution in [3.8, 4) is 0 Å². The summed E-state index contributed by atoms with van der Waals surface area (Å²) in [4.78, 5) is 18.3. The van der Waals surface area contributed by atoms with Crippen LogP contribution >= 0.6 is 24.0 Å². The number of benzene rings is 1. The van der Waals surface area contributed by atoms with Crippen molar-refractivity contribution in [3.63, 3.8) is 0 Å². The number of hydrogen-bond donors (Lipinski definition) is 2. The highest BCUT2D eigenvalue weighted by molar-refractivity contribution is 14.0. The summed E-state index contributed by atoms with van der Waals surface area (Å²) in [5, 5.41) is 6.49. The van der Waals surface area contributed by atoms with E-state index in [-0.39, 0.29) is 35.9 Å². The second-order valence-corrected chi connectivity index (χ2v) is 4.89. The van der Waals surface area contributed by atoms with Crippen molar-refractivity contribution in [2.45, 2.75) is 19.4 Å². The summed E-state index contributed by atoms with van der Waals surface area (Å²) in [6.07, 6.45) is 2.22. The molecule has 1 heterocycles. The summed E-state index contributed by atoms with van der Waals surface area (Å²) in [6, 6.07) is 9.82. The number of para-hydroxylation sites is 1. The van der Waals surface area contributed by atoms with E-state index >= 15 is 0 Å². The summed E-state index contributed by atoms with van der Waals surface area (Å²) in [6.45, 7) is 7.67. The smallest absolute Gasteiger partial charge is 0.229 e. The number of anilines is 1. The zero-order chi connectivity index (χ0) is 15.1. The third-order valence-corrected chi connectivity index (χ3v) is 3.26. The molecule has 1 aliphatic rings. The Balaban J connectivity index is 0.00000242. The molecule has 2 rings (SSSR count). The molecule has 6 heteroatoms. The van der Waals surface area contributed by atoms with Gasteiger partial charge in [0.15, 0.2) is 5.96 Å².